The minimum atomic E-state index is -2.47. The molecule has 2 bridgehead atoms. The molecule has 4 rings (SSSR count). The van der Waals surface area contributed by atoms with E-state index in [1.165, 1.54) is 12.0 Å². The quantitative estimate of drug-likeness (QED) is 0.0851. The summed E-state index contributed by atoms with van der Waals surface area (Å²) in [5, 5.41) is 45.0. The van der Waals surface area contributed by atoms with E-state index in [1.807, 2.05) is 56.1 Å². The highest BCUT2D eigenvalue weighted by Crippen LogP contribution is 2.38. The lowest BCUT2D eigenvalue weighted by Gasteiger charge is -2.42. The molecule has 0 spiro atoms. The minimum absolute atomic E-state index is 0.00482. The summed E-state index contributed by atoms with van der Waals surface area (Å²) >= 11 is 0. The number of rotatable bonds is 14. The molecule has 5 N–H and O–H groups in total. The summed E-state index contributed by atoms with van der Waals surface area (Å²) in [5.41, 5.74) is 1.22. The van der Waals surface area contributed by atoms with Gasteiger partial charge in [-0.15, -0.1) is 0 Å². The Kier molecular flexibility index (Phi) is 27.3. The molecule has 15 atom stereocenters. The molecule has 436 valence electrons. The highest BCUT2D eigenvalue weighted by atomic mass is 16.6. The van der Waals surface area contributed by atoms with Gasteiger partial charge in [-0.05, 0) is 107 Å². The predicted molar refractivity (Wildman–Crippen MR) is 288 cm³/mol. The molecule has 77 heavy (non-hydrogen) atoms. The molecule has 3 aliphatic heterocycles. The van der Waals surface area contributed by atoms with Crippen LogP contribution in [0.25, 0.3) is 0 Å². The van der Waals surface area contributed by atoms with Gasteiger partial charge in [0, 0.05) is 84.6 Å². The fourth-order valence-corrected chi connectivity index (χ4v) is 11.3. The smallest absolute Gasteiger partial charge is 0.407 e. The summed E-state index contributed by atoms with van der Waals surface area (Å²) in [6.07, 6.45) is 9.58. The van der Waals surface area contributed by atoms with Crippen molar-refractivity contribution in [3.05, 3.63) is 47.6 Å². The lowest BCUT2D eigenvalue weighted by molar-refractivity contribution is -0.265. The number of ether oxygens (including phenoxy) is 6. The van der Waals surface area contributed by atoms with Crippen molar-refractivity contribution in [3.63, 3.8) is 0 Å². The second-order valence-corrected chi connectivity index (χ2v) is 22.2. The molecule has 0 aromatic heterocycles. The maximum atomic E-state index is 14.6. The number of esters is 1. The molecule has 0 aromatic carbocycles. The van der Waals surface area contributed by atoms with Crippen molar-refractivity contribution in [1.29, 1.82) is 0 Å². The number of hydrogen-bond donors (Lipinski definition) is 5. The third-order valence-electron chi connectivity index (χ3n) is 16.2. The van der Waals surface area contributed by atoms with Gasteiger partial charge in [-0.25, -0.2) is 9.59 Å². The number of piperidine rings is 1. The number of methoxy groups -OCH3 is 3. The number of alkyl carbamates (subject to hydrolysis) is 1. The predicted octanol–water partition coefficient (Wildman–Crippen LogP) is 5.20. The van der Waals surface area contributed by atoms with E-state index in [4.69, 9.17) is 28.4 Å². The summed E-state index contributed by atoms with van der Waals surface area (Å²) in [4.78, 5) is 87.3. The number of ketones is 3. The number of carbonyl (C=O) groups excluding carboxylic acids is 6. The fourth-order valence-electron chi connectivity index (χ4n) is 11.3. The van der Waals surface area contributed by atoms with Gasteiger partial charge in [0.1, 0.15) is 36.2 Å². The molecule has 2 amide bonds. The van der Waals surface area contributed by atoms with E-state index >= 15 is 0 Å². The summed E-state index contributed by atoms with van der Waals surface area (Å²) in [5.74, 6) is -8.51. The molecule has 0 aromatic rings. The van der Waals surface area contributed by atoms with Crippen molar-refractivity contribution < 1.29 is 77.6 Å². The molecule has 1 aliphatic carbocycles. The number of aliphatic hydroxyl groups is 4. The molecule has 2 saturated heterocycles. The van der Waals surface area contributed by atoms with E-state index in [-0.39, 0.29) is 62.5 Å². The number of carbonyl (C=O) groups is 6. The van der Waals surface area contributed by atoms with Crippen molar-refractivity contribution in [1.82, 2.24) is 15.1 Å². The van der Waals surface area contributed by atoms with E-state index < -0.39 is 102 Å². The number of nitrogens with one attached hydrogen (secondary N) is 1. The second kappa shape index (κ2) is 32.2. The topological polar surface area (TPSA) is 257 Å². The Morgan fingerprint density at radius 1 is 0.857 bits per heavy atom. The molecule has 3 heterocycles. The SMILES string of the molecule is COC1CC2CC[C@@H](C)[C@@](O)(O2)C(=O)C(=O)N2CCCC[C@H]2C(=O)OC(C(C)CC2CC[C@@H](OC(=O)NCCN(CCO)CCO)C(OC)C2)CC(=O)C(C)/C=C(\C)[C@@H](O)C(OC)C(=O)[C@H](C)CC(C)/C=C/C=C/C=C/1C. The van der Waals surface area contributed by atoms with Crippen LogP contribution in [0.15, 0.2) is 47.6 Å². The number of hydrogen-bond acceptors (Lipinski definition) is 17. The molecule has 3 fully saturated rings. The first-order chi connectivity index (χ1) is 36.6. The third-order valence-corrected chi connectivity index (χ3v) is 16.2. The average molecular weight is 1090 g/mol. The molecule has 4 aliphatic rings. The summed E-state index contributed by atoms with van der Waals surface area (Å²) in [7, 11) is 4.48. The molecule has 19 heteroatoms. The van der Waals surface area contributed by atoms with Crippen LogP contribution in [0.5, 0.6) is 0 Å². The highest BCUT2D eigenvalue weighted by Gasteiger charge is 2.53. The summed E-state index contributed by atoms with van der Waals surface area (Å²) in [6.45, 7) is 13.8. The lowest BCUT2D eigenvalue weighted by atomic mass is 9.78. The number of allylic oxidation sites excluding steroid dienone is 6. The lowest BCUT2D eigenvalue weighted by Crippen LogP contribution is -2.61. The van der Waals surface area contributed by atoms with Crippen molar-refractivity contribution in [2.45, 2.75) is 180 Å². The van der Waals surface area contributed by atoms with E-state index in [0.717, 1.165) is 5.57 Å². The fraction of sp³-hybridized carbons (Fsp3) is 0.759. The number of Topliss-reactive ketones (excluding diaryl/α,β-unsaturated/α-hetero) is 3. The number of nitrogens with zero attached hydrogens (tertiary/aromatic N) is 2. The number of fused-ring (bicyclic) bond motifs is 3. The monoisotopic (exact) mass is 1090 g/mol. The Morgan fingerprint density at radius 2 is 1.57 bits per heavy atom. The van der Waals surface area contributed by atoms with E-state index in [9.17, 15) is 49.2 Å². The van der Waals surface area contributed by atoms with Crippen molar-refractivity contribution in [2.24, 2.45) is 35.5 Å². The van der Waals surface area contributed by atoms with Gasteiger partial charge in [0.05, 0.1) is 31.5 Å². The van der Waals surface area contributed by atoms with Gasteiger partial charge < -0.3 is 59.1 Å². The summed E-state index contributed by atoms with van der Waals surface area (Å²) in [6, 6.07) is -1.19. The Hall–Kier alpha value is -4.18. The van der Waals surface area contributed by atoms with Crippen LogP contribution in [-0.2, 0) is 52.4 Å². The minimum Gasteiger partial charge on any atom is -0.460 e. The second-order valence-electron chi connectivity index (χ2n) is 22.2. The third kappa shape index (κ3) is 19.0. The number of cyclic esters (lactones) is 1. The van der Waals surface area contributed by atoms with Gasteiger partial charge in [-0.3, -0.25) is 24.1 Å². The summed E-state index contributed by atoms with van der Waals surface area (Å²) < 4.78 is 35.6. The van der Waals surface area contributed by atoms with Crippen LogP contribution >= 0.6 is 0 Å². The van der Waals surface area contributed by atoms with E-state index in [2.05, 4.69) is 5.32 Å². The van der Waals surface area contributed by atoms with Crippen LogP contribution in [0.3, 0.4) is 0 Å². The number of aliphatic hydroxyl groups excluding tert-OH is 3. The Bertz CT molecular complexity index is 2050. The van der Waals surface area contributed by atoms with Gasteiger partial charge >= 0.3 is 12.1 Å². The van der Waals surface area contributed by atoms with E-state index in [0.29, 0.717) is 89.4 Å². The highest BCUT2D eigenvalue weighted by molar-refractivity contribution is 6.39. The Labute approximate surface area is 457 Å². The van der Waals surface area contributed by atoms with Crippen LogP contribution in [0, 0.1) is 35.5 Å². The molecule has 0 radical (unpaired) electrons. The number of amides is 2. The standard InChI is InChI=1S/C58H93N3O16/c1-36-16-12-11-13-17-37(2)48(72-8)34-44-21-19-42(7)58(71,77-44)54(67)55(68)61-24-15-14-18-45(61)56(69)75-49(35-46(64)38(3)31-41(6)52(66)53(74-10)51(65)40(5)30-36)39(4)32-43-20-22-47(50(33-43)73-9)76-57(70)59-23-25-60(26-28-62)27-29-63/h11-13,16-17,31,36,38-40,42-45,47-50,52-53,62-63,66,71H,14-15,18-30,32-35H2,1-10H3,(H,59,70)/b13-11+,16-12+,37-17+,41-31+/t36?,38?,39?,40-,42-,43?,44?,45+,47-,48?,49?,50?,52-,53?,58-/m1/s1. The molecule has 1 saturated carbocycles. The Morgan fingerprint density at radius 3 is 2.23 bits per heavy atom. The van der Waals surface area contributed by atoms with Gasteiger partial charge in [-0.2, -0.15) is 0 Å². The largest absolute Gasteiger partial charge is 0.460 e. The Balaban J connectivity index is 1.64. The van der Waals surface area contributed by atoms with Crippen molar-refractivity contribution >= 4 is 35.3 Å². The van der Waals surface area contributed by atoms with Crippen LogP contribution in [-0.4, -0.2) is 187 Å². The van der Waals surface area contributed by atoms with Gasteiger partial charge in [0.15, 0.2) is 5.78 Å². The van der Waals surface area contributed by atoms with Gasteiger partial charge in [-0.1, -0.05) is 71.1 Å². The average Bonchev–Trinajstić information content (AvgIpc) is 3.41. The first kappa shape index (κ1) is 65.3. The van der Waals surface area contributed by atoms with Gasteiger partial charge in [0.2, 0.25) is 5.79 Å². The van der Waals surface area contributed by atoms with Crippen LogP contribution < -0.4 is 5.32 Å². The zero-order valence-electron chi connectivity index (χ0n) is 47.6. The molecule has 9 unspecified atom stereocenters. The maximum Gasteiger partial charge on any atom is 0.407 e. The first-order valence-electron chi connectivity index (χ1n) is 28.0. The normalized spacial score (nSPS) is 35.9. The van der Waals surface area contributed by atoms with Crippen LogP contribution in [0.2, 0.25) is 0 Å². The molecule has 19 nitrogen and oxygen atoms in total. The van der Waals surface area contributed by atoms with Crippen molar-refractivity contribution in [3.8, 4) is 0 Å². The van der Waals surface area contributed by atoms with Crippen LogP contribution in [0.4, 0.5) is 4.79 Å². The molecular formula is C58H93N3O16. The first-order valence-corrected chi connectivity index (χ1v) is 28.0. The maximum absolute atomic E-state index is 14.6. The molecular weight excluding hydrogens is 995 g/mol. The van der Waals surface area contributed by atoms with Crippen molar-refractivity contribution in [2.75, 3.05) is 67.3 Å². The zero-order valence-corrected chi connectivity index (χ0v) is 47.6. The van der Waals surface area contributed by atoms with E-state index in [1.54, 1.807) is 48.0 Å². The van der Waals surface area contributed by atoms with Gasteiger partial charge in [0.25, 0.3) is 11.7 Å². The zero-order chi connectivity index (χ0) is 57.0. The van der Waals surface area contributed by atoms with Crippen LogP contribution in [0.1, 0.15) is 126 Å².